The minimum atomic E-state index is 0.729. The predicted octanol–water partition coefficient (Wildman–Crippen LogP) is 5.35. The molecule has 0 amide bonds. The van der Waals surface area contributed by atoms with Gasteiger partial charge in [-0.3, -0.25) is 0 Å². The number of rotatable bonds is 8. The molecule has 1 aromatic heterocycles. The molecule has 0 spiro atoms. The van der Waals surface area contributed by atoms with Gasteiger partial charge >= 0.3 is 0 Å². The van der Waals surface area contributed by atoms with Gasteiger partial charge in [-0.05, 0) is 42.2 Å². The van der Waals surface area contributed by atoms with E-state index in [4.69, 9.17) is 4.74 Å². The number of benzene rings is 2. The normalized spacial score (nSPS) is 10.3. The van der Waals surface area contributed by atoms with Crippen LogP contribution in [-0.4, -0.2) is 17.1 Å². The summed E-state index contributed by atoms with van der Waals surface area (Å²) in [7, 11) is 1.66. The average Bonchev–Trinajstić information content (AvgIpc) is 2.71. The molecule has 2 aromatic carbocycles. The lowest BCUT2D eigenvalue weighted by Crippen LogP contribution is -2.02. The van der Waals surface area contributed by atoms with Crippen molar-refractivity contribution in [1.29, 1.82) is 0 Å². The van der Waals surface area contributed by atoms with Crippen LogP contribution in [0.5, 0.6) is 5.75 Å². The summed E-state index contributed by atoms with van der Waals surface area (Å²) in [6.45, 7) is 7.74. The zero-order valence-electron chi connectivity index (χ0n) is 15.5. The third kappa shape index (κ3) is 4.23. The van der Waals surface area contributed by atoms with Crippen LogP contribution in [0.2, 0.25) is 0 Å². The maximum absolute atomic E-state index is 5.45. The van der Waals surface area contributed by atoms with Crippen LogP contribution < -0.4 is 10.1 Å². The Balaban J connectivity index is 1.96. The number of anilines is 2. The van der Waals surface area contributed by atoms with Gasteiger partial charge < -0.3 is 10.1 Å². The molecule has 1 N–H and O–H groups in total. The number of nitrogens with zero attached hydrogens (tertiary/aromatic N) is 2. The Morgan fingerprint density at radius 3 is 2.59 bits per heavy atom. The quantitative estimate of drug-likeness (QED) is 0.552. The molecular formula is C23H23N3O. The first-order valence-electron chi connectivity index (χ1n) is 8.81. The molecule has 0 unspecified atom stereocenters. The summed E-state index contributed by atoms with van der Waals surface area (Å²) in [4.78, 5) is 8.79. The molecular weight excluding hydrogens is 334 g/mol. The van der Waals surface area contributed by atoms with E-state index in [1.54, 1.807) is 13.4 Å². The minimum absolute atomic E-state index is 0.729. The molecule has 4 nitrogen and oxygen atoms in total. The summed E-state index contributed by atoms with van der Waals surface area (Å²) < 4.78 is 5.45. The lowest BCUT2D eigenvalue weighted by molar-refractivity contribution is 0.416. The number of hydrogen-bond acceptors (Lipinski definition) is 4. The van der Waals surface area contributed by atoms with E-state index in [2.05, 4.69) is 40.6 Å². The van der Waals surface area contributed by atoms with Crippen LogP contribution in [0.25, 0.3) is 11.3 Å². The number of allylic oxidation sites excluding steroid dienone is 2. The Labute approximate surface area is 160 Å². The Hall–Kier alpha value is -3.40. The molecule has 0 bridgehead atoms. The Kier molecular flexibility index (Phi) is 6.00. The highest BCUT2D eigenvalue weighted by atomic mass is 16.5. The number of nitrogens with one attached hydrogen (secondary N) is 1. The van der Waals surface area contributed by atoms with Crippen LogP contribution in [0.3, 0.4) is 0 Å². The lowest BCUT2D eigenvalue weighted by Gasteiger charge is -2.15. The first-order chi connectivity index (χ1) is 13.3. The zero-order chi connectivity index (χ0) is 19.1. The van der Waals surface area contributed by atoms with Crippen LogP contribution in [0.4, 0.5) is 11.5 Å². The van der Waals surface area contributed by atoms with E-state index in [1.807, 2.05) is 48.6 Å². The third-order valence-electron chi connectivity index (χ3n) is 4.30. The topological polar surface area (TPSA) is 47.0 Å². The number of hydrogen-bond donors (Lipinski definition) is 1. The van der Waals surface area contributed by atoms with Crippen molar-refractivity contribution in [2.75, 3.05) is 12.4 Å². The smallest absolute Gasteiger partial charge is 0.134 e. The molecule has 27 heavy (non-hydrogen) atoms. The maximum atomic E-state index is 5.45. The molecule has 0 fully saturated rings. The van der Waals surface area contributed by atoms with Gasteiger partial charge in [0.15, 0.2) is 0 Å². The Morgan fingerprint density at radius 2 is 1.81 bits per heavy atom. The summed E-state index contributed by atoms with van der Waals surface area (Å²) in [5.74, 6) is 1.51. The minimum Gasteiger partial charge on any atom is -0.496 e. The van der Waals surface area contributed by atoms with Crippen LogP contribution in [0.15, 0.2) is 80.2 Å². The third-order valence-corrected chi connectivity index (χ3v) is 4.30. The van der Waals surface area contributed by atoms with Gasteiger partial charge in [0.2, 0.25) is 0 Å². The first kappa shape index (κ1) is 18.4. The highest BCUT2D eigenvalue weighted by Crippen LogP contribution is 2.30. The van der Waals surface area contributed by atoms with Gasteiger partial charge in [0, 0.05) is 17.3 Å². The summed E-state index contributed by atoms with van der Waals surface area (Å²) in [5, 5.41) is 3.43. The Morgan fingerprint density at radius 1 is 1.00 bits per heavy atom. The van der Waals surface area contributed by atoms with E-state index in [-0.39, 0.29) is 0 Å². The molecule has 0 saturated carbocycles. The highest BCUT2D eigenvalue weighted by Gasteiger charge is 2.10. The molecule has 0 aliphatic rings. The highest BCUT2D eigenvalue weighted by molar-refractivity contribution is 5.71. The molecule has 136 valence electrons. The number of ether oxygens (including phenoxy) is 1. The fourth-order valence-electron chi connectivity index (χ4n) is 3.05. The fourth-order valence-corrected chi connectivity index (χ4v) is 3.05. The zero-order valence-corrected chi connectivity index (χ0v) is 15.5. The first-order valence-corrected chi connectivity index (χ1v) is 8.81. The van der Waals surface area contributed by atoms with E-state index in [0.29, 0.717) is 0 Å². The summed E-state index contributed by atoms with van der Waals surface area (Å²) in [6.07, 6.45) is 6.97. The second-order valence-corrected chi connectivity index (χ2v) is 6.04. The van der Waals surface area contributed by atoms with Crippen molar-refractivity contribution in [1.82, 2.24) is 9.97 Å². The van der Waals surface area contributed by atoms with Crippen molar-refractivity contribution in [2.24, 2.45) is 0 Å². The van der Waals surface area contributed by atoms with E-state index >= 15 is 0 Å². The standard InChI is InChI=1S/C23H23N3O/c1-4-9-17-11-8-13-20(18(17)10-5-2)26-23-15-21(24-16-25-23)19-12-6-7-14-22(19)27-3/h4-8,11-16H,1-2,9-10H2,3H3,(H,24,25,26). The van der Waals surface area contributed by atoms with Crippen molar-refractivity contribution < 1.29 is 4.74 Å². The predicted molar refractivity (Wildman–Crippen MR) is 112 cm³/mol. The molecule has 4 heteroatoms. The van der Waals surface area contributed by atoms with Gasteiger partial charge in [-0.2, -0.15) is 0 Å². The van der Waals surface area contributed by atoms with Crippen molar-refractivity contribution >= 4 is 11.5 Å². The average molecular weight is 357 g/mol. The van der Waals surface area contributed by atoms with Gasteiger partial charge in [-0.1, -0.05) is 36.4 Å². The van der Waals surface area contributed by atoms with Gasteiger partial charge in [0.25, 0.3) is 0 Å². The van der Waals surface area contributed by atoms with Crippen LogP contribution in [0.1, 0.15) is 11.1 Å². The number of aromatic nitrogens is 2. The molecule has 3 aromatic rings. The molecule has 3 rings (SSSR count). The van der Waals surface area contributed by atoms with Crippen molar-refractivity contribution in [3.8, 4) is 17.0 Å². The monoisotopic (exact) mass is 357 g/mol. The number of para-hydroxylation sites is 1. The van der Waals surface area contributed by atoms with Gasteiger partial charge in [-0.15, -0.1) is 13.2 Å². The van der Waals surface area contributed by atoms with E-state index in [9.17, 15) is 0 Å². The van der Waals surface area contributed by atoms with Crippen molar-refractivity contribution in [3.63, 3.8) is 0 Å². The lowest BCUT2D eigenvalue weighted by atomic mass is 9.99. The SMILES string of the molecule is C=CCc1cccc(Nc2cc(-c3ccccc3OC)ncn2)c1CC=C. The molecule has 0 saturated heterocycles. The van der Waals surface area contributed by atoms with Crippen LogP contribution >= 0.6 is 0 Å². The maximum Gasteiger partial charge on any atom is 0.134 e. The second kappa shape index (κ2) is 8.81. The van der Waals surface area contributed by atoms with E-state index in [0.717, 1.165) is 41.4 Å². The molecule has 0 atom stereocenters. The summed E-state index contributed by atoms with van der Waals surface area (Å²) in [6, 6.07) is 15.9. The molecule has 0 radical (unpaired) electrons. The van der Waals surface area contributed by atoms with E-state index < -0.39 is 0 Å². The summed E-state index contributed by atoms with van der Waals surface area (Å²) >= 11 is 0. The molecule has 0 aliphatic heterocycles. The Bertz CT molecular complexity index is 950. The van der Waals surface area contributed by atoms with Crippen LogP contribution in [-0.2, 0) is 12.8 Å². The number of methoxy groups -OCH3 is 1. The molecule has 1 heterocycles. The van der Waals surface area contributed by atoms with Gasteiger partial charge in [-0.25, -0.2) is 9.97 Å². The molecule has 0 aliphatic carbocycles. The van der Waals surface area contributed by atoms with Crippen molar-refractivity contribution in [3.05, 3.63) is 91.3 Å². The van der Waals surface area contributed by atoms with Crippen LogP contribution in [0, 0.1) is 0 Å². The van der Waals surface area contributed by atoms with Crippen molar-refractivity contribution in [2.45, 2.75) is 12.8 Å². The second-order valence-electron chi connectivity index (χ2n) is 6.04. The fraction of sp³-hybridized carbons (Fsp3) is 0.130. The largest absolute Gasteiger partial charge is 0.496 e. The van der Waals surface area contributed by atoms with Gasteiger partial charge in [0.1, 0.15) is 17.9 Å². The van der Waals surface area contributed by atoms with Gasteiger partial charge in [0.05, 0.1) is 12.8 Å². The summed E-state index contributed by atoms with van der Waals surface area (Å²) in [5.41, 5.74) is 5.17. The van der Waals surface area contributed by atoms with E-state index in [1.165, 1.54) is 11.1 Å².